The lowest BCUT2D eigenvalue weighted by Gasteiger charge is -1.52. The first kappa shape index (κ1) is 22.1. The Bertz CT molecular complexity index is 14.4. The minimum Gasteiger partial charge on any atom is -0.870 e. The van der Waals surface area contributed by atoms with Crippen LogP contribution in [0.15, 0.2) is 0 Å². The summed E-state index contributed by atoms with van der Waals surface area (Å²) in [5, 5.41) is 8.25. The third kappa shape index (κ3) is 140. The van der Waals surface area contributed by atoms with Crippen LogP contribution in [0.1, 0.15) is 0 Å². The molecule has 4 heteroatoms. The van der Waals surface area contributed by atoms with Crippen LogP contribution in [0.4, 0.5) is 0 Å². The monoisotopic (exact) mass is 98.0 g/mol. The van der Waals surface area contributed by atoms with E-state index in [4.69, 9.17) is 9.90 Å². The molecule has 0 unspecified atom stereocenters. The van der Waals surface area contributed by atoms with Crippen molar-refractivity contribution in [3.63, 3.8) is 0 Å². The van der Waals surface area contributed by atoms with Gasteiger partial charge in [-0.3, -0.25) is 0 Å². The lowest BCUT2D eigenvalue weighted by molar-refractivity contribution is -0.283. The van der Waals surface area contributed by atoms with E-state index in [0.717, 1.165) is 0 Å². The number of hydrogen-bond acceptors (Lipinski definition) is 3. The van der Waals surface area contributed by atoms with Crippen molar-refractivity contribution in [3.8, 4) is 0 Å². The minimum atomic E-state index is -0.500. The van der Waals surface area contributed by atoms with Crippen molar-refractivity contribution in [2.24, 2.45) is 0 Å². The summed E-state index contributed by atoms with van der Waals surface area (Å²) in [5.74, 6) is 0. The van der Waals surface area contributed by atoms with E-state index in [1.54, 1.807) is 0 Å². The summed E-state index contributed by atoms with van der Waals surface area (Å²) in [6.45, 7) is -0.500. The van der Waals surface area contributed by atoms with Gasteiger partial charge in [0.05, 0.1) is 0 Å². The van der Waals surface area contributed by atoms with Crippen LogP contribution in [0.5, 0.6) is 0 Å². The Balaban J connectivity index is -0.0000000200. The summed E-state index contributed by atoms with van der Waals surface area (Å²) in [6.07, 6.45) is 0. The molecule has 0 aliphatic carbocycles. The maximum atomic E-state index is 8.25. The molecule has 3 nitrogen and oxygen atoms in total. The van der Waals surface area contributed by atoms with E-state index in [0.29, 0.717) is 0 Å². The Kier molecular flexibility index (Phi) is 234. The van der Waals surface area contributed by atoms with Crippen molar-refractivity contribution < 1.29 is 15.4 Å². The zero-order chi connectivity index (χ0) is 2.71. The van der Waals surface area contributed by atoms with Crippen molar-refractivity contribution >= 4 is 18.9 Å². The molecule has 0 rings (SSSR count). The predicted molar refractivity (Wildman–Crippen MR) is 15.2 cm³/mol. The number of carbonyl (C=O) groups excluding carboxylic acids is 1. The van der Waals surface area contributed by atoms with Crippen molar-refractivity contribution in [1.82, 2.24) is 0 Å². The number of carbonyl (C=O) groups is 1. The Morgan fingerprint density at radius 1 is 1.60 bits per heavy atom. The van der Waals surface area contributed by atoms with Crippen LogP contribution in [0.2, 0.25) is 0 Å². The van der Waals surface area contributed by atoms with E-state index >= 15 is 0 Å². The molecule has 0 aliphatic rings. The summed E-state index contributed by atoms with van der Waals surface area (Å²) < 4.78 is 0. The van der Waals surface area contributed by atoms with Crippen molar-refractivity contribution in [3.05, 3.63) is 0 Å². The smallest absolute Gasteiger partial charge is 0.0275 e. The van der Waals surface area contributed by atoms with Gasteiger partial charge >= 0.3 is 0 Å². The van der Waals surface area contributed by atoms with Gasteiger partial charge in [-0.2, -0.15) is 0 Å². The van der Waals surface area contributed by atoms with Crippen LogP contribution in [0, 0.1) is 0 Å². The molecule has 0 aromatic rings. The minimum absolute atomic E-state index is 0. The maximum absolute atomic E-state index is 8.25. The third-order valence-electron chi connectivity index (χ3n) is 0. The van der Waals surface area contributed by atoms with E-state index < -0.39 is 6.47 Å². The molecular formula is CH3ClO3-2. The Morgan fingerprint density at radius 3 is 1.60 bits per heavy atom. The van der Waals surface area contributed by atoms with Gasteiger partial charge in [0, 0.05) is 6.47 Å². The first-order valence-corrected chi connectivity index (χ1v) is 0.471. The van der Waals surface area contributed by atoms with Gasteiger partial charge in [0.25, 0.3) is 0 Å². The van der Waals surface area contributed by atoms with E-state index in [1.165, 1.54) is 0 Å². The molecule has 0 radical (unpaired) electrons. The second-order valence-corrected chi connectivity index (χ2v) is 0.0962. The highest BCUT2D eigenvalue weighted by molar-refractivity contribution is 5.85. The highest BCUT2D eigenvalue weighted by atomic mass is 35.5. The molecule has 0 saturated heterocycles. The second-order valence-electron chi connectivity index (χ2n) is 0.0962. The number of hydrogen-bond donors (Lipinski definition) is 0. The highest BCUT2D eigenvalue weighted by Gasteiger charge is 0.996. The zero-order valence-corrected chi connectivity index (χ0v) is 3.07. The summed E-state index contributed by atoms with van der Waals surface area (Å²) in [4.78, 5) is 8.25. The molecule has 0 spiro atoms. The Hall–Kier alpha value is -0.280. The topological polar surface area (TPSA) is 70.1 Å². The lowest BCUT2D eigenvalue weighted by Crippen LogP contribution is -2.01. The van der Waals surface area contributed by atoms with Crippen molar-refractivity contribution in [1.29, 1.82) is 0 Å². The van der Waals surface area contributed by atoms with Gasteiger partial charge in [0.2, 0.25) is 0 Å². The van der Waals surface area contributed by atoms with Crippen LogP contribution in [0.3, 0.4) is 0 Å². The fraction of sp³-hybridized carbons (Fsp3) is 0. The fourth-order valence-corrected chi connectivity index (χ4v) is 0. The van der Waals surface area contributed by atoms with Crippen molar-refractivity contribution in [2.45, 2.75) is 0 Å². The third-order valence-corrected chi connectivity index (χ3v) is 0. The molecule has 34 valence electrons. The molecule has 0 heterocycles. The standard InChI is InChI=1S/CH2O2.ClH.H2O/c2-1-3;;/h1H,(H,2,3);1H;1H2/p-2. The first-order valence-electron chi connectivity index (χ1n) is 0.471. The molecule has 1 N–H and O–H groups in total. The van der Waals surface area contributed by atoms with Crippen molar-refractivity contribution in [2.75, 3.05) is 0 Å². The van der Waals surface area contributed by atoms with Gasteiger partial charge in [-0.25, -0.2) is 0 Å². The molecular weight excluding hydrogens is 95.5 g/mol. The maximum Gasteiger partial charge on any atom is 0.0275 e. The summed E-state index contributed by atoms with van der Waals surface area (Å²) in [6, 6.07) is 0. The van der Waals surface area contributed by atoms with E-state index in [9.17, 15) is 0 Å². The largest absolute Gasteiger partial charge is 0.870 e. The van der Waals surface area contributed by atoms with Gasteiger partial charge < -0.3 is 15.4 Å². The van der Waals surface area contributed by atoms with Gasteiger partial charge in [-0.15, -0.1) is 12.4 Å². The molecule has 5 heavy (non-hydrogen) atoms. The summed E-state index contributed by atoms with van der Waals surface area (Å²) in [7, 11) is 0. The molecule has 0 aromatic heterocycles. The molecule has 0 amide bonds. The SMILES string of the molecule is Cl.O=C[O-].[OH-]. The van der Waals surface area contributed by atoms with Crippen LogP contribution in [-0.2, 0) is 4.79 Å². The number of halogens is 1. The first-order chi connectivity index (χ1) is 1.41. The van der Waals surface area contributed by atoms with Crippen LogP contribution in [0.25, 0.3) is 0 Å². The zero-order valence-electron chi connectivity index (χ0n) is 2.25. The van der Waals surface area contributed by atoms with Crippen LogP contribution in [-0.4, -0.2) is 11.9 Å². The average Bonchev–Trinajstić information content (AvgIpc) is 0.918. The van der Waals surface area contributed by atoms with Crippen LogP contribution >= 0.6 is 12.4 Å². The molecule has 0 aliphatic heterocycles. The summed E-state index contributed by atoms with van der Waals surface area (Å²) >= 11 is 0. The van der Waals surface area contributed by atoms with E-state index in [-0.39, 0.29) is 17.9 Å². The Labute approximate surface area is 35.3 Å². The van der Waals surface area contributed by atoms with E-state index in [1.807, 2.05) is 0 Å². The number of carboxylic acid groups (broad SMARTS) is 1. The molecule has 0 bridgehead atoms. The van der Waals surface area contributed by atoms with Crippen LogP contribution < -0.4 is 5.11 Å². The molecule has 0 aromatic carbocycles. The summed E-state index contributed by atoms with van der Waals surface area (Å²) in [5.41, 5.74) is 0. The lowest BCUT2D eigenvalue weighted by atomic mass is 11.7. The second kappa shape index (κ2) is 53.1. The highest BCUT2D eigenvalue weighted by Crippen LogP contribution is 0.754. The predicted octanol–water partition coefficient (Wildman–Crippen LogP) is -1.39. The quantitative estimate of drug-likeness (QED) is 0.350. The Morgan fingerprint density at radius 2 is 1.60 bits per heavy atom. The van der Waals surface area contributed by atoms with E-state index in [2.05, 4.69) is 0 Å². The van der Waals surface area contributed by atoms with Gasteiger partial charge in [0.1, 0.15) is 0 Å². The van der Waals surface area contributed by atoms with Gasteiger partial charge in [0.15, 0.2) is 0 Å². The molecule has 0 atom stereocenters. The fourth-order valence-electron chi connectivity index (χ4n) is 0. The number of rotatable bonds is 0. The van der Waals surface area contributed by atoms with Gasteiger partial charge in [-0.1, -0.05) is 0 Å². The normalized spacial score (nSPS) is 2.40. The average molecular weight is 98.5 g/mol. The molecule has 0 fully saturated rings. The molecule has 0 saturated carbocycles. The van der Waals surface area contributed by atoms with Gasteiger partial charge in [-0.05, 0) is 0 Å².